The quantitative estimate of drug-likeness (QED) is 0.869. The second kappa shape index (κ2) is 6.69. The fourth-order valence-corrected chi connectivity index (χ4v) is 2.69. The largest absolute Gasteiger partial charge is 0.338 e. The number of amides is 3. The van der Waals surface area contributed by atoms with Crippen molar-refractivity contribution in [1.82, 2.24) is 30.5 Å². The maximum absolute atomic E-state index is 11.9. The van der Waals surface area contributed by atoms with Crippen LogP contribution < -0.4 is 10.6 Å². The van der Waals surface area contributed by atoms with Crippen molar-refractivity contribution in [2.45, 2.75) is 32.6 Å². The summed E-state index contributed by atoms with van der Waals surface area (Å²) in [6.07, 6.45) is 0. The van der Waals surface area contributed by atoms with Gasteiger partial charge in [0.1, 0.15) is 11.7 Å². The molecule has 1 aliphatic rings. The molecule has 8 nitrogen and oxygen atoms in total. The Balaban J connectivity index is 1.57. The molecule has 2 heterocycles. The van der Waals surface area contributed by atoms with Crippen LogP contribution in [0.1, 0.15) is 29.9 Å². The normalized spacial score (nSPS) is 16.7. The van der Waals surface area contributed by atoms with Crippen molar-refractivity contribution in [3.05, 3.63) is 47.3 Å². The van der Waals surface area contributed by atoms with E-state index in [-0.39, 0.29) is 24.5 Å². The molecule has 0 bridgehead atoms. The van der Waals surface area contributed by atoms with Crippen molar-refractivity contribution in [2.24, 2.45) is 0 Å². The molecule has 2 aromatic rings. The molecule has 1 aromatic heterocycles. The molecule has 0 saturated carbocycles. The van der Waals surface area contributed by atoms with Gasteiger partial charge >= 0.3 is 6.03 Å². The van der Waals surface area contributed by atoms with Gasteiger partial charge in [-0.15, -0.1) is 5.10 Å². The molecule has 0 radical (unpaired) electrons. The third-order valence-electron chi connectivity index (χ3n) is 4.07. The minimum Gasteiger partial charge on any atom is -0.338 e. The SMILES string of the molecule is CC1C(=O)N(C)Cc2c(CNC(=O)NCc3ccccc3)nnn21. The molecule has 1 aromatic carbocycles. The molecule has 24 heavy (non-hydrogen) atoms. The van der Waals surface area contributed by atoms with Gasteiger partial charge in [-0.05, 0) is 12.5 Å². The van der Waals surface area contributed by atoms with E-state index in [2.05, 4.69) is 20.9 Å². The number of benzene rings is 1. The highest BCUT2D eigenvalue weighted by molar-refractivity contribution is 5.80. The molecule has 0 aliphatic carbocycles. The smallest absolute Gasteiger partial charge is 0.315 e. The summed E-state index contributed by atoms with van der Waals surface area (Å²) in [5.41, 5.74) is 2.56. The van der Waals surface area contributed by atoms with Gasteiger partial charge in [0.25, 0.3) is 0 Å². The van der Waals surface area contributed by atoms with Crippen LogP contribution in [0.25, 0.3) is 0 Å². The molecule has 0 saturated heterocycles. The molecule has 1 aliphatic heterocycles. The average Bonchev–Trinajstić information content (AvgIpc) is 3.00. The first-order chi connectivity index (χ1) is 11.6. The summed E-state index contributed by atoms with van der Waals surface area (Å²) in [4.78, 5) is 25.5. The number of hydrogen-bond donors (Lipinski definition) is 2. The van der Waals surface area contributed by atoms with Crippen LogP contribution in [-0.2, 0) is 24.4 Å². The highest BCUT2D eigenvalue weighted by Gasteiger charge is 2.30. The number of carbonyl (C=O) groups excluding carboxylic acids is 2. The minimum atomic E-state index is -0.369. The fraction of sp³-hybridized carbons (Fsp3) is 0.375. The summed E-state index contributed by atoms with van der Waals surface area (Å²) in [6, 6.07) is 9.05. The number of likely N-dealkylation sites (N-methyl/N-ethyl adjacent to an activating group) is 1. The minimum absolute atomic E-state index is 0.00696. The number of carbonyl (C=O) groups is 2. The monoisotopic (exact) mass is 328 g/mol. The third kappa shape index (κ3) is 3.22. The van der Waals surface area contributed by atoms with Crippen LogP contribution in [0.5, 0.6) is 0 Å². The molecule has 3 amide bonds. The van der Waals surface area contributed by atoms with Crippen LogP contribution in [0.2, 0.25) is 0 Å². The summed E-state index contributed by atoms with van der Waals surface area (Å²) in [7, 11) is 1.75. The number of aromatic nitrogens is 3. The van der Waals surface area contributed by atoms with Gasteiger partial charge in [0.2, 0.25) is 5.91 Å². The van der Waals surface area contributed by atoms with E-state index in [1.807, 2.05) is 30.3 Å². The zero-order valence-electron chi connectivity index (χ0n) is 13.7. The molecule has 0 fully saturated rings. The predicted octanol–water partition coefficient (Wildman–Crippen LogP) is 0.810. The van der Waals surface area contributed by atoms with Gasteiger partial charge in [-0.3, -0.25) is 4.79 Å². The maximum atomic E-state index is 11.9. The van der Waals surface area contributed by atoms with Gasteiger partial charge < -0.3 is 15.5 Å². The van der Waals surface area contributed by atoms with Crippen LogP contribution in [0.15, 0.2) is 30.3 Å². The van der Waals surface area contributed by atoms with E-state index in [9.17, 15) is 9.59 Å². The Bertz CT molecular complexity index is 742. The number of urea groups is 1. The van der Waals surface area contributed by atoms with Crippen molar-refractivity contribution in [3.63, 3.8) is 0 Å². The first-order valence-corrected chi connectivity index (χ1v) is 7.80. The van der Waals surface area contributed by atoms with Crippen molar-refractivity contribution < 1.29 is 9.59 Å². The van der Waals surface area contributed by atoms with Gasteiger partial charge in [0.15, 0.2) is 0 Å². The molecular formula is C16H20N6O2. The topological polar surface area (TPSA) is 92.2 Å². The van der Waals surface area contributed by atoms with Crippen LogP contribution >= 0.6 is 0 Å². The van der Waals surface area contributed by atoms with Crippen molar-refractivity contribution in [1.29, 1.82) is 0 Å². The molecule has 1 unspecified atom stereocenters. The van der Waals surface area contributed by atoms with E-state index in [0.29, 0.717) is 18.8 Å². The van der Waals surface area contributed by atoms with Crippen LogP contribution in [0.3, 0.4) is 0 Å². The Hall–Kier alpha value is -2.90. The summed E-state index contributed by atoms with van der Waals surface area (Å²) in [5, 5.41) is 13.7. The number of rotatable bonds is 4. The number of hydrogen-bond acceptors (Lipinski definition) is 4. The average molecular weight is 328 g/mol. The standard InChI is InChI=1S/C16H20N6O2/c1-11-15(23)21(2)10-14-13(19-20-22(11)14)9-18-16(24)17-8-12-6-4-3-5-7-12/h3-7,11H,8-10H2,1-2H3,(H2,17,18,24). The Morgan fingerprint density at radius 1 is 1.25 bits per heavy atom. The van der Waals surface area contributed by atoms with Crippen LogP contribution in [0.4, 0.5) is 4.79 Å². The van der Waals surface area contributed by atoms with Crippen LogP contribution in [-0.4, -0.2) is 38.9 Å². The van der Waals surface area contributed by atoms with E-state index in [1.54, 1.807) is 23.6 Å². The van der Waals surface area contributed by atoms with Gasteiger partial charge in [-0.1, -0.05) is 35.5 Å². The van der Waals surface area contributed by atoms with E-state index in [4.69, 9.17) is 0 Å². The molecular weight excluding hydrogens is 308 g/mol. The molecule has 8 heteroatoms. The summed E-state index contributed by atoms with van der Waals surface area (Å²) in [6.45, 7) is 2.96. The lowest BCUT2D eigenvalue weighted by Gasteiger charge is -2.28. The molecule has 0 spiro atoms. The Labute approximate surface area is 139 Å². The van der Waals surface area contributed by atoms with E-state index in [1.165, 1.54) is 0 Å². The zero-order valence-corrected chi connectivity index (χ0v) is 13.7. The van der Waals surface area contributed by atoms with E-state index < -0.39 is 0 Å². The van der Waals surface area contributed by atoms with Crippen LogP contribution in [0, 0.1) is 0 Å². The molecule has 126 valence electrons. The summed E-state index contributed by atoms with van der Waals surface area (Å²) < 4.78 is 1.63. The lowest BCUT2D eigenvalue weighted by Crippen LogP contribution is -2.40. The summed E-state index contributed by atoms with van der Waals surface area (Å²) in [5.74, 6) is 0.00696. The van der Waals surface area contributed by atoms with Crippen molar-refractivity contribution in [2.75, 3.05) is 7.05 Å². The highest BCUT2D eigenvalue weighted by Crippen LogP contribution is 2.21. The van der Waals surface area contributed by atoms with E-state index >= 15 is 0 Å². The Morgan fingerprint density at radius 3 is 2.71 bits per heavy atom. The zero-order chi connectivity index (χ0) is 17.1. The van der Waals surface area contributed by atoms with Gasteiger partial charge in [-0.25, -0.2) is 9.48 Å². The van der Waals surface area contributed by atoms with Gasteiger partial charge in [-0.2, -0.15) is 0 Å². The second-order valence-corrected chi connectivity index (χ2v) is 5.82. The highest BCUT2D eigenvalue weighted by atomic mass is 16.2. The molecule has 1 atom stereocenters. The Kier molecular flexibility index (Phi) is 4.45. The van der Waals surface area contributed by atoms with Gasteiger partial charge in [0.05, 0.1) is 18.8 Å². The first kappa shape index (κ1) is 16.0. The fourth-order valence-electron chi connectivity index (χ4n) is 2.69. The Morgan fingerprint density at radius 2 is 1.96 bits per heavy atom. The molecule has 2 N–H and O–H groups in total. The van der Waals surface area contributed by atoms with Crippen molar-refractivity contribution >= 4 is 11.9 Å². The second-order valence-electron chi connectivity index (χ2n) is 5.82. The lowest BCUT2D eigenvalue weighted by atomic mass is 10.2. The molecule has 3 rings (SSSR count). The predicted molar refractivity (Wildman–Crippen MR) is 86.7 cm³/mol. The number of fused-ring (bicyclic) bond motifs is 1. The van der Waals surface area contributed by atoms with Crippen molar-refractivity contribution in [3.8, 4) is 0 Å². The first-order valence-electron chi connectivity index (χ1n) is 7.80. The number of nitrogens with zero attached hydrogens (tertiary/aromatic N) is 4. The number of nitrogens with one attached hydrogen (secondary N) is 2. The lowest BCUT2D eigenvalue weighted by molar-refractivity contribution is -0.135. The van der Waals surface area contributed by atoms with Gasteiger partial charge in [0, 0.05) is 13.6 Å². The van der Waals surface area contributed by atoms with E-state index in [0.717, 1.165) is 11.3 Å². The summed E-state index contributed by atoms with van der Waals surface area (Å²) >= 11 is 0. The third-order valence-corrected chi connectivity index (χ3v) is 4.07. The maximum Gasteiger partial charge on any atom is 0.315 e.